The van der Waals surface area contributed by atoms with Gasteiger partial charge in [0.1, 0.15) is 0 Å². The number of ether oxygens (including phenoxy) is 1. The molecule has 0 heterocycles. The molecule has 1 aromatic carbocycles. The second kappa shape index (κ2) is 4.82. The molecule has 0 N–H and O–H groups in total. The first kappa shape index (κ1) is 13.6. The number of carbonyl (C=O) groups is 1. The van der Waals surface area contributed by atoms with Crippen LogP contribution >= 0.6 is 0 Å². The fourth-order valence-corrected chi connectivity index (χ4v) is 1.39. The normalized spacial score (nSPS) is 11.4. The number of halogens is 2. The Morgan fingerprint density at radius 3 is 2.41 bits per heavy atom. The average Bonchev–Trinajstić information content (AvgIpc) is 2.31. The van der Waals surface area contributed by atoms with E-state index in [0.717, 1.165) is 6.07 Å². The number of ketones is 1. The highest BCUT2D eigenvalue weighted by molar-refractivity contribution is 6.00. The van der Waals surface area contributed by atoms with Gasteiger partial charge in [-0.15, -0.1) is 0 Å². The second-order valence-electron chi connectivity index (χ2n) is 4.54. The van der Waals surface area contributed by atoms with E-state index in [1.807, 2.05) is 6.92 Å². The fraction of sp³-hybridized carbons (Fsp3) is 0.462. The molecule has 0 fully saturated rings. The van der Waals surface area contributed by atoms with Crippen molar-refractivity contribution >= 4 is 5.78 Å². The molecule has 0 spiro atoms. The highest BCUT2D eigenvalue weighted by Crippen LogP contribution is 2.29. The van der Waals surface area contributed by atoms with E-state index in [0.29, 0.717) is 6.42 Å². The van der Waals surface area contributed by atoms with Gasteiger partial charge < -0.3 is 4.74 Å². The number of methoxy groups -OCH3 is 1. The average molecular weight is 242 g/mol. The smallest absolute Gasteiger partial charge is 0.200 e. The van der Waals surface area contributed by atoms with Gasteiger partial charge in [-0.25, -0.2) is 4.39 Å². The molecule has 1 aromatic rings. The molecule has 0 atom stereocenters. The molecule has 0 aromatic heterocycles. The van der Waals surface area contributed by atoms with Crippen LogP contribution in [0.3, 0.4) is 0 Å². The van der Waals surface area contributed by atoms with Gasteiger partial charge in [-0.05, 0) is 18.6 Å². The molecule has 0 aliphatic rings. The first-order valence-corrected chi connectivity index (χ1v) is 5.41. The molecule has 94 valence electrons. The van der Waals surface area contributed by atoms with Crippen LogP contribution in [0.1, 0.15) is 37.6 Å². The van der Waals surface area contributed by atoms with Gasteiger partial charge in [0.2, 0.25) is 5.82 Å². The molecule has 0 amide bonds. The summed E-state index contributed by atoms with van der Waals surface area (Å²) in [6.07, 6.45) is 0.618. The Hall–Kier alpha value is -1.45. The van der Waals surface area contributed by atoms with Crippen LogP contribution in [0.15, 0.2) is 12.1 Å². The molecule has 1 rings (SSSR count). The van der Waals surface area contributed by atoms with Crippen molar-refractivity contribution < 1.29 is 18.3 Å². The Bertz CT molecular complexity index is 439. The Kier molecular flexibility index (Phi) is 3.86. The maximum atomic E-state index is 13.3. The molecule has 0 radical (unpaired) electrons. The van der Waals surface area contributed by atoms with Crippen LogP contribution < -0.4 is 4.74 Å². The summed E-state index contributed by atoms with van der Waals surface area (Å²) < 4.78 is 31.2. The van der Waals surface area contributed by atoms with Gasteiger partial charge in [0.15, 0.2) is 17.3 Å². The van der Waals surface area contributed by atoms with Crippen LogP contribution in [-0.2, 0) is 0 Å². The third-order valence-corrected chi connectivity index (χ3v) is 2.98. The van der Waals surface area contributed by atoms with Crippen molar-refractivity contribution in [3.8, 4) is 5.75 Å². The van der Waals surface area contributed by atoms with Crippen molar-refractivity contribution in [2.45, 2.75) is 27.2 Å². The molecule has 0 unspecified atom stereocenters. The molecule has 0 aliphatic carbocycles. The van der Waals surface area contributed by atoms with E-state index < -0.39 is 17.0 Å². The quantitative estimate of drug-likeness (QED) is 0.754. The highest BCUT2D eigenvalue weighted by Gasteiger charge is 2.28. The van der Waals surface area contributed by atoms with Crippen LogP contribution in [0.5, 0.6) is 5.75 Å². The summed E-state index contributed by atoms with van der Waals surface area (Å²) in [5.41, 5.74) is -0.470. The highest BCUT2D eigenvalue weighted by atomic mass is 19.2. The van der Waals surface area contributed by atoms with Crippen molar-refractivity contribution in [2.75, 3.05) is 7.11 Å². The molecule has 17 heavy (non-hydrogen) atoms. The van der Waals surface area contributed by atoms with Crippen molar-refractivity contribution in [1.29, 1.82) is 0 Å². The van der Waals surface area contributed by atoms with Crippen LogP contribution in [0, 0.1) is 17.0 Å². The topological polar surface area (TPSA) is 26.3 Å². The summed E-state index contributed by atoms with van der Waals surface area (Å²) >= 11 is 0. The largest absolute Gasteiger partial charge is 0.494 e. The summed E-state index contributed by atoms with van der Waals surface area (Å²) in [6, 6.07) is 2.15. The van der Waals surface area contributed by atoms with E-state index in [9.17, 15) is 13.6 Å². The Morgan fingerprint density at radius 2 is 1.94 bits per heavy atom. The maximum absolute atomic E-state index is 13.3. The minimum Gasteiger partial charge on any atom is -0.494 e. The van der Waals surface area contributed by atoms with Crippen molar-refractivity contribution in [3.05, 3.63) is 29.3 Å². The molecular formula is C13H16F2O2. The van der Waals surface area contributed by atoms with E-state index in [4.69, 9.17) is 4.74 Å². The zero-order chi connectivity index (χ0) is 13.2. The van der Waals surface area contributed by atoms with Gasteiger partial charge in [-0.1, -0.05) is 20.8 Å². The lowest BCUT2D eigenvalue weighted by Crippen LogP contribution is -2.23. The maximum Gasteiger partial charge on any atom is 0.200 e. The number of hydrogen-bond donors (Lipinski definition) is 0. The molecule has 0 saturated heterocycles. The SMILES string of the molecule is CCC(C)(C)C(=O)c1cc(F)c(F)c(OC)c1. The van der Waals surface area contributed by atoms with Crippen molar-refractivity contribution in [3.63, 3.8) is 0 Å². The van der Waals surface area contributed by atoms with Gasteiger partial charge >= 0.3 is 0 Å². The zero-order valence-electron chi connectivity index (χ0n) is 10.4. The Balaban J connectivity index is 3.25. The van der Waals surface area contributed by atoms with E-state index in [-0.39, 0.29) is 17.1 Å². The lowest BCUT2D eigenvalue weighted by molar-refractivity contribution is 0.0832. The predicted octanol–water partition coefficient (Wildman–Crippen LogP) is 3.59. The van der Waals surface area contributed by atoms with Gasteiger partial charge in [0.05, 0.1) is 7.11 Å². The lowest BCUT2D eigenvalue weighted by Gasteiger charge is -2.21. The van der Waals surface area contributed by atoms with Gasteiger partial charge in [-0.3, -0.25) is 4.79 Å². The Morgan fingerprint density at radius 1 is 1.35 bits per heavy atom. The number of carbonyl (C=O) groups excluding carboxylic acids is 1. The molecule has 4 heteroatoms. The standard InChI is InChI=1S/C13H16F2O2/c1-5-13(2,3)12(16)8-6-9(14)11(15)10(7-8)17-4/h6-7H,5H2,1-4H3. The first-order chi connectivity index (χ1) is 7.83. The molecule has 0 saturated carbocycles. The van der Waals surface area contributed by atoms with Crippen LogP contribution in [-0.4, -0.2) is 12.9 Å². The third kappa shape index (κ3) is 2.62. The molecule has 0 aliphatic heterocycles. The minimum atomic E-state index is -1.07. The van der Waals surface area contributed by atoms with Gasteiger partial charge in [0.25, 0.3) is 0 Å². The van der Waals surface area contributed by atoms with Crippen LogP contribution in [0.2, 0.25) is 0 Å². The van der Waals surface area contributed by atoms with Crippen LogP contribution in [0.4, 0.5) is 8.78 Å². The van der Waals surface area contributed by atoms with Crippen molar-refractivity contribution in [1.82, 2.24) is 0 Å². The predicted molar refractivity (Wildman–Crippen MR) is 61.3 cm³/mol. The number of rotatable bonds is 4. The van der Waals surface area contributed by atoms with Crippen LogP contribution in [0.25, 0.3) is 0 Å². The monoisotopic (exact) mass is 242 g/mol. The van der Waals surface area contributed by atoms with E-state index in [1.54, 1.807) is 13.8 Å². The minimum absolute atomic E-state index is 0.132. The first-order valence-electron chi connectivity index (χ1n) is 5.41. The van der Waals surface area contributed by atoms with E-state index in [1.165, 1.54) is 13.2 Å². The molecule has 2 nitrogen and oxygen atoms in total. The van der Waals surface area contributed by atoms with E-state index >= 15 is 0 Å². The summed E-state index contributed by atoms with van der Waals surface area (Å²) in [6.45, 7) is 5.40. The lowest BCUT2D eigenvalue weighted by atomic mass is 9.82. The van der Waals surface area contributed by atoms with E-state index in [2.05, 4.69) is 0 Å². The third-order valence-electron chi connectivity index (χ3n) is 2.98. The number of Topliss-reactive ketones (excluding diaryl/α,β-unsaturated/α-hetero) is 1. The zero-order valence-corrected chi connectivity index (χ0v) is 10.4. The van der Waals surface area contributed by atoms with Crippen molar-refractivity contribution in [2.24, 2.45) is 5.41 Å². The van der Waals surface area contributed by atoms with Gasteiger partial charge in [-0.2, -0.15) is 4.39 Å². The fourth-order valence-electron chi connectivity index (χ4n) is 1.39. The molecule has 0 bridgehead atoms. The summed E-state index contributed by atoms with van der Waals surface area (Å²) in [5.74, 6) is -2.62. The summed E-state index contributed by atoms with van der Waals surface area (Å²) in [5, 5.41) is 0. The summed E-state index contributed by atoms with van der Waals surface area (Å²) in [4.78, 5) is 12.1. The molecular weight excluding hydrogens is 226 g/mol. The second-order valence-corrected chi connectivity index (χ2v) is 4.54. The summed E-state index contributed by atoms with van der Waals surface area (Å²) in [7, 11) is 1.23. The Labute approximate surface area is 99.6 Å². The number of benzene rings is 1. The van der Waals surface area contributed by atoms with Gasteiger partial charge in [0, 0.05) is 11.0 Å². The number of hydrogen-bond acceptors (Lipinski definition) is 2.